The number of hydrogen-bond donors (Lipinski definition) is 2. The first kappa shape index (κ1) is 23.7. The zero-order valence-electron chi connectivity index (χ0n) is 18.6. The van der Waals surface area contributed by atoms with Crippen molar-refractivity contribution in [3.8, 4) is 5.75 Å². The van der Waals surface area contributed by atoms with Crippen LogP contribution >= 0.6 is 0 Å². The van der Waals surface area contributed by atoms with Crippen LogP contribution in [0, 0.1) is 24.0 Å². The Labute approximate surface area is 192 Å². The summed E-state index contributed by atoms with van der Waals surface area (Å²) < 4.78 is 33.2. The van der Waals surface area contributed by atoms with Gasteiger partial charge in [-0.05, 0) is 67.8 Å². The van der Waals surface area contributed by atoms with Crippen LogP contribution in [-0.2, 0) is 10.0 Å². The van der Waals surface area contributed by atoms with Gasteiger partial charge in [-0.1, -0.05) is 24.3 Å². The summed E-state index contributed by atoms with van der Waals surface area (Å²) in [4.78, 5) is 10.7. The first-order chi connectivity index (χ1) is 15.6. The number of ether oxygens (including phenoxy) is 1. The molecule has 0 radical (unpaired) electrons. The van der Waals surface area contributed by atoms with E-state index in [2.05, 4.69) is 15.2 Å². The van der Waals surface area contributed by atoms with Crippen LogP contribution in [0.4, 0.5) is 17.1 Å². The molecule has 172 valence electrons. The Bertz CT molecular complexity index is 1340. The number of anilines is 2. The van der Waals surface area contributed by atoms with Gasteiger partial charge in [0.1, 0.15) is 11.4 Å². The number of hydrogen-bond acceptors (Lipinski definition) is 7. The molecule has 0 bridgehead atoms. The van der Waals surface area contributed by atoms with Crippen molar-refractivity contribution in [2.75, 3.05) is 17.3 Å². The van der Waals surface area contributed by atoms with E-state index in [9.17, 15) is 18.5 Å². The van der Waals surface area contributed by atoms with Gasteiger partial charge in [0.2, 0.25) is 0 Å². The van der Waals surface area contributed by atoms with Crippen LogP contribution in [0.15, 0.2) is 70.7 Å². The van der Waals surface area contributed by atoms with Crippen molar-refractivity contribution >= 4 is 32.8 Å². The van der Waals surface area contributed by atoms with E-state index in [4.69, 9.17) is 4.74 Å². The zero-order chi connectivity index (χ0) is 24.2. The number of hydrazone groups is 1. The molecular formula is C23H24N4O5S. The van der Waals surface area contributed by atoms with Crippen LogP contribution in [0.2, 0.25) is 0 Å². The van der Waals surface area contributed by atoms with Gasteiger partial charge in [-0.2, -0.15) is 5.10 Å². The van der Waals surface area contributed by atoms with E-state index in [-0.39, 0.29) is 16.3 Å². The second-order valence-corrected chi connectivity index (χ2v) is 9.03. The Balaban J connectivity index is 1.90. The molecule has 3 rings (SSSR count). The maximum Gasteiger partial charge on any atom is 0.295 e. The van der Waals surface area contributed by atoms with Crippen molar-refractivity contribution < 1.29 is 18.1 Å². The molecule has 0 aromatic heterocycles. The summed E-state index contributed by atoms with van der Waals surface area (Å²) in [6, 6.07) is 15.9. The smallest absolute Gasteiger partial charge is 0.295 e. The van der Waals surface area contributed by atoms with Gasteiger partial charge in [0.15, 0.2) is 0 Å². The highest BCUT2D eigenvalue weighted by Crippen LogP contribution is 2.30. The van der Waals surface area contributed by atoms with Crippen LogP contribution in [0.25, 0.3) is 0 Å². The first-order valence-electron chi connectivity index (χ1n) is 9.94. The van der Waals surface area contributed by atoms with Crippen molar-refractivity contribution in [2.24, 2.45) is 5.10 Å². The lowest BCUT2D eigenvalue weighted by Crippen LogP contribution is -2.14. The lowest BCUT2D eigenvalue weighted by molar-refractivity contribution is -0.384. The summed E-state index contributed by atoms with van der Waals surface area (Å²) in [5.74, 6) is 0.324. The van der Waals surface area contributed by atoms with Crippen molar-refractivity contribution in [2.45, 2.75) is 25.7 Å². The SMILES string of the molecule is COc1ccccc1NS(=O)(=O)c1ccc(NN=C(C)c2ccc(C)c(C)c2)c([N+](=O)[O-])c1. The Morgan fingerprint density at radius 3 is 2.39 bits per heavy atom. The minimum atomic E-state index is -4.10. The Hall–Kier alpha value is -3.92. The van der Waals surface area contributed by atoms with Crippen LogP contribution in [0.5, 0.6) is 5.75 Å². The molecule has 0 aliphatic rings. The number of nitro benzene ring substituents is 1. The number of benzene rings is 3. The number of sulfonamides is 1. The summed E-state index contributed by atoms with van der Waals surface area (Å²) in [6.07, 6.45) is 0. The fraction of sp³-hybridized carbons (Fsp3) is 0.174. The van der Waals surface area contributed by atoms with Crippen LogP contribution < -0.4 is 14.9 Å². The van der Waals surface area contributed by atoms with E-state index < -0.39 is 20.6 Å². The molecule has 3 aromatic rings. The van der Waals surface area contributed by atoms with Crippen molar-refractivity contribution in [1.29, 1.82) is 0 Å². The predicted octanol–water partition coefficient (Wildman–Crippen LogP) is 4.86. The van der Waals surface area contributed by atoms with Gasteiger partial charge in [-0.25, -0.2) is 8.42 Å². The Kier molecular flexibility index (Phi) is 6.98. The quantitative estimate of drug-likeness (QED) is 0.277. The lowest BCUT2D eigenvalue weighted by atomic mass is 10.0. The van der Waals surface area contributed by atoms with E-state index in [1.54, 1.807) is 25.1 Å². The fourth-order valence-corrected chi connectivity index (χ4v) is 4.12. The topological polar surface area (TPSA) is 123 Å². The van der Waals surface area contributed by atoms with E-state index in [1.165, 1.54) is 25.3 Å². The van der Waals surface area contributed by atoms with Gasteiger partial charge in [0.25, 0.3) is 15.7 Å². The molecule has 0 amide bonds. The number of nitro groups is 1. The molecule has 0 aliphatic carbocycles. The summed E-state index contributed by atoms with van der Waals surface area (Å²) in [6.45, 7) is 5.77. The fourth-order valence-electron chi connectivity index (χ4n) is 3.03. The maximum atomic E-state index is 12.8. The van der Waals surface area contributed by atoms with Gasteiger partial charge in [0.05, 0.1) is 28.3 Å². The molecule has 33 heavy (non-hydrogen) atoms. The van der Waals surface area contributed by atoms with E-state index in [0.717, 1.165) is 22.8 Å². The predicted molar refractivity (Wildman–Crippen MR) is 129 cm³/mol. The standard InChI is InChI=1S/C23H24N4O5S/c1-15-9-10-18(13-16(15)2)17(3)24-25-20-12-11-19(14-22(20)27(28)29)33(30,31)26-21-7-5-6-8-23(21)32-4/h5-14,25-26H,1-4H3. The summed E-state index contributed by atoms with van der Waals surface area (Å²) in [5.41, 5.74) is 6.30. The number of para-hydroxylation sites is 2. The summed E-state index contributed by atoms with van der Waals surface area (Å²) >= 11 is 0. The Morgan fingerprint density at radius 2 is 1.73 bits per heavy atom. The van der Waals surface area contributed by atoms with Crippen LogP contribution in [-0.4, -0.2) is 26.2 Å². The molecule has 0 aliphatic heterocycles. The monoisotopic (exact) mass is 468 g/mol. The number of methoxy groups -OCH3 is 1. The van der Waals surface area contributed by atoms with E-state index in [1.807, 2.05) is 32.0 Å². The highest BCUT2D eigenvalue weighted by atomic mass is 32.2. The zero-order valence-corrected chi connectivity index (χ0v) is 19.4. The Morgan fingerprint density at radius 1 is 1.00 bits per heavy atom. The van der Waals surface area contributed by atoms with Gasteiger partial charge in [-0.15, -0.1) is 0 Å². The van der Waals surface area contributed by atoms with E-state index in [0.29, 0.717) is 11.5 Å². The summed E-state index contributed by atoms with van der Waals surface area (Å²) in [5, 5.41) is 15.9. The van der Waals surface area contributed by atoms with Gasteiger partial charge < -0.3 is 4.74 Å². The number of nitrogens with one attached hydrogen (secondary N) is 2. The number of rotatable bonds is 8. The number of aryl methyl sites for hydroxylation is 2. The second-order valence-electron chi connectivity index (χ2n) is 7.35. The maximum absolute atomic E-state index is 12.8. The molecule has 2 N–H and O–H groups in total. The highest BCUT2D eigenvalue weighted by Gasteiger charge is 2.22. The molecular weight excluding hydrogens is 444 g/mol. The molecule has 0 saturated heterocycles. The third-order valence-electron chi connectivity index (χ3n) is 5.10. The molecule has 0 saturated carbocycles. The van der Waals surface area contributed by atoms with Gasteiger partial charge >= 0.3 is 0 Å². The third kappa shape index (κ3) is 5.47. The number of nitrogens with zero attached hydrogens (tertiary/aromatic N) is 2. The normalized spacial score (nSPS) is 11.7. The second kappa shape index (κ2) is 9.70. The van der Waals surface area contributed by atoms with Crippen LogP contribution in [0.3, 0.4) is 0 Å². The van der Waals surface area contributed by atoms with Crippen LogP contribution in [0.1, 0.15) is 23.6 Å². The van der Waals surface area contributed by atoms with Crippen molar-refractivity contribution in [3.63, 3.8) is 0 Å². The molecule has 0 heterocycles. The first-order valence-corrected chi connectivity index (χ1v) is 11.4. The lowest BCUT2D eigenvalue weighted by Gasteiger charge is -2.12. The molecule has 0 fully saturated rings. The molecule has 0 atom stereocenters. The minimum absolute atomic E-state index is 0.0689. The highest BCUT2D eigenvalue weighted by molar-refractivity contribution is 7.92. The molecule has 3 aromatic carbocycles. The third-order valence-corrected chi connectivity index (χ3v) is 6.46. The molecule has 9 nitrogen and oxygen atoms in total. The molecule has 10 heteroatoms. The van der Waals surface area contributed by atoms with Crippen molar-refractivity contribution in [3.05, 3.63) is 87.5 Å². The van der Waals surface area contributed by atoms with Gasteiger partial charge in [0, 0.05) is 6.07 Å². The summed E-state index contributed by atoms with van der Waals surface area (Å²) in [7, 11) is -2.68. The average Bonchev–Trinajstić information content (AvgIpc) is 2.79. The minimum Gasteiger partial charge on any atom is -0.495 e. The van der Waals surface area contributed by atoms with E-state index >= 15 is 0 Å². The van der Waals surface area contributed by atoms with Crippen molar-refractivity contribution in [1.82, 2.24) is 0 Å². The van der Waals surface area contributed by atoms with Gasteiger partial charge in [-0.3, -0.25) is 20.3 Å². The average molecular weight is 469 g/mol. The largest absolute Gasteiger partial charge is 0.495 e. The molecule has 0 spiro atoms. The molecule has 0 unspecified atom stereocenters.